The topological polar surface area (TPSA) is 35.5 Å². The van der Waals surface area contributed by atoms with Crippen LogP contribution < -0.4 is 5.32 Å². The Hall–Kier alpha value is -1.06. The highest BCUT2D eigenvalue weighted by Crippen LogP contribution is 2.20. The molecule has 1 fully saturated rings. The smallest absolute Gasteiger partial charge is 0.120 e. The predicted molar refractivity (Wildman–Crippen MR) is 79.3 cm³/mol. The molecule has 1 saturated heterocycles. The van der Waals surface area contributed by atoms with E-state index in [2.05, 4.69) is 17.1 Å². The molecule has 106 valence electrons. The van der Waals surface area contributed by atoms with Crippen LogP contribution in [0.15, 0.2) is 24.3 Å². The van der Waals surface area contributed by atoms with Crippen molar-refractivity contribution in [3.8, 4) is 5.75 Å². The number of para-hydroxylation sites is 1. The van der Waals surface area contributed by atoms with Crippen molar-refractivity contribution in [2.75, 3.05) is 26.2 Å². The molecule has 0 bridgehead atoms. The van der Waals surface area contributed by atoms with Crippen LogP contribution >= 0.6 is 0 Å². The van der Waals surface area contributed by atoms with E-state index in [0.29, 0.717) is 5.75 Å². The zero-order valence-corrected chi connectivity index (χ0v) is 11.9. The van der Waals surface area contributed by atoms with Gasteiger partial charge in [0.1, 0.15) is 5.75 Å². The maximum Gasteiger partial charge on any atom is 0.120 e. The Labute approximate surface area is 116 Å². The summed E-state index contributed by atoms with van der Waals surface area (Å²) in [7, 11) is 0. The molecule has 0 spiro atoms. The highest BCUT2D eigenvalue weighted by molar-refractivity contribution is 5.31. The van der Waals surface area contributed by atoms with Crippen LogP contribution in [0.1, 0.15) is 31.7 Å². The second-order valence-corrected chi connectivity index (χ2v) is 5.58. The minimum atomic E-state index is 0.422. The summed E-state index contributed by atoms with van der Waals surface area (Å²) in [5.41, 5.74) is 1.04. The van der Waals surface area contributed by atoms with Crippen molar-refractivity contribution >= 4 is 0 Å². The Balaban J connectivity index is 1.93. The van der Waals surface area contributed by atoms with E-state index in [1.54, 1.807) is 6.07 Å². The van der Waals surface area contributed by atoms with Crippen LogP contribution in [-0.4, -0.2) is 36.2 Å². The number of hydrogen-bond donors (Lipinski definition) is 2. The molecule has 3 heteroatoms. The van der Waals surface area contributed by atoms with E-state index in [9.17, 15) is 5.11 Å². The van der Waals surface area contributed by atoms with Gasteiger partial charge in [-0.2, -0.15) is 0 Å². The summed E-state index contributed by atoms with van der Waals surface area (Å²) in [4.78, 5) is 2.48. The van der Waals surface area contributed by atoms with Crippen LogP contribution in [0.5, 0.6) is 5.75 Å². The van der Waals surface area contributed by atoms with Crippen LogP contribution in [-0.2, 0) is 6.54 Å². The number of hydrogen-bond acceptors (Lipinski definition) is 3. The average Bonchev–Trinajstić information content (AvgIpc) is 2.43. The number of benzene rings is 1. The maximum absolute atomic E-state index is 9.89. The Morgan fingerprint density at radius 2 is 2.21 bits per heavy atom. The summed E-state index contributed by atoms with van der Waals surface area (Å²) in [5.74, 6) is 1.18. The van der Waals surface area contributed by atoms with Crippen molar-refractivity contribution in [3.63, 3.8) is 0 Å². The summed E-state index contributed by atoms with van der Waals surface area (Å²) < 4.78 is 0. The maximum atomic E-state index is 9.89. The molecule has 19 heavy (non-hydrogen) atoms. The minimum Gasteiger partial charge on any atom is -0.508 e. The van der Waals surface area contributed by atoms with Gasteiger partial charge in [0.15, 0.2) is 0 Å². The quantitative estimate of drug-likeness (QED) is 0.827. The van der Waals surface area contributed by atoms with Gasteiger partial charge in [0, 0.05) is 18.7 Å². The van der Waals surface area contributed by atoms with Gasteiger partial charge in [0.2, 0.25) is 0 Å². The fourth-order valence-electron chi connectivity index (χ4n) is 2.88. The Kier molecular flexibility index (Phi) is 5.67. The number of phenols is 1. The molecular formula is C16H26N2O. The van der Waals surface area contributed by atoms with Gasteiger partial charge in [-0.1, -0.05) is 25.1 Å². The van der Waals surface area contributed by atoms with Crippen molar-refractivity contribution < 1.29 is 5.11 Å². The first kappa shape index (κ1) is 14.4. The summed E-state index contributed by atoms with van der Waals surface area (Å²) in [6, 6.07) is 7.69. The summed E-state index contributed by atoms with van der Waals surface area (Å²) in [5, 5.41) is 13.4. The van der Waals surface area contributed by atoms with Crippen LogP contribution in [0.2, 0.25) is 0 Å². The lowest BCUT2D eigenvalue weighted by atomic mass is 9.98. The van der Waals surface area contributed by atoms with Gasteiger partial charge in [0.05, 0.1) is 0 Å². The second kappa shape index (κ2) is 7.51. The number of nitrogens with zero attached hydrogens (tertiary/aromatic N) is 1. The molecule has 1 atom stereocenters. The summed E-state index contributed by atoms with van der Waals surface area (Å²) in [6.07, 6.45) is 3.78. The first-order chi connectivity index (χ1) is 9.29. The number of piperidine rings is 1. The van der Waals surface area contributed by atoms with Gasteiger partial charge in [-0.25, -0.2) is 0 Å². The highest BCUT2D eigenvalue weighted by atomic mass is 16.3. The van der Waals surface area contributed by atoms with E-state index in [1.165, 1.54) is 19.4 Å². The number of phenolic OH excluding ortho intramolecular Hbond substituents is 1. The monoisotopic (exact) mass is 262 g/mol. The molecule has 0 amide bonds. The average molecular weight is 262 g/mol. The van der Waals surface area contributed by atoms with Gasteiger partial charge in [-0.15, -0.1) is 0 Å². The van der Waals surface area contributed by atoms with Gasteiger partial charge < -0.3 is 10.4 Å². The van der Waals surface area contributed by atoms with Crippen molar-refractivity contribution in [2.45, 2.75) is 32.7 Å². The molecular weight excluding hydrogens is 236 g/mol. The Morgan fingerprint density at radius 1 is 1.37 bits per heavy atom. The first-order valence-corrected chi connectivity index (χ1v) is 7.49. The van der Waals surface area contributed by atoms with E-state index in [0.717, 1.165) is 44.1 Å². The molecule has 1 unspecified atom stereocenters. The molecule has 1 aromatic rings. The summed E-state index contributed by atoms with van der Waals surface area (Å²) in [6.45, 7) is 7.62. The second-order valence-electron chi connectivity index (χ2n) is 5.58. The van der Waals surface area contributed by atoms with E-state index >= 15 is 0 Å². The van der Waals surface area contributed by atoms with Gasteiger partial charge in [-0.05, 0) is 50.9 Å². The largest absolute Gasteiger partial charge is 0.508 e. The molecule has 2 rings (SSSR count). The third-order valence-corrected chi connectivity index (χ3v) is 3.84. The van der Waals surface area contributed by atoms with Crippen LogP contribution in [0.3, 0.4) is 0 Å². The van der Waals surface area contributed by atoms with Gasteiger partial charge >= 0.3 is 0 Å². The summed E-state index contributed by atoms with van der Waals surface area (Å²) >= 11 is 0. The minimum absolute atomic E-state index is 0.422. The molecule has 1 aromatic carbocycles. The highest BCUT2D eigenvalue weighted by Gasteiger charge is 2.17. The lowest BCUT2D eigenvalue weighted by molar-refractivity contribution is 0.199. The van der Waals surface area contributed by atoms with Crippen LogP contribution in [0.4, 0.5) is 0 Å². The predicted octanol–water partition coefficient (Wildman–Crippen LogP) is 2.60. The Morgan fingerprint density at radius 3 is 2.89 bits per heavy atom. The third-order valence-electron chi connectivity index (χ3n) is 3.84. The first-order valence-electron chi connectivity index (χ1n) is 7.49. The van der Waals surface area contributed by atoms with Gasteiger partial charge in [0.25, 0.3) is 0 Å². The normalized spacial score (nSPS) is 19.8. The molecule has 0 aromatic heterocycles. The number of nitrogens with one attached hydrogen (secondary N) is 1. The molecule has 0 saturated carbocycles. The SMILES string of the molecule is CCCN(Cc1ccccc1O)CC1CCCNC1. The van der Waals surface area contributed by atoms with Gasteiger partial charge in [-0.3, -0.25) is 4.90 Å². The molecule has 0 aliphatic carbocycles. The number of aromatic hydroxyl groups is 1. The van der Waals surface area contributed by atoms with Crippen LogP contribution in [0.25, 0.3) is 0 Å². The molecule has 3 nitrogen and oxygen atoms in total. The Bertz CT molecular complexity index is 375. The van der Waals surface area contributed by atoms with Crippen molar-refractivity contribution in [1.82, 2.24) is 10.2 Å². The number of rotatable bonds is 6. The zero-order valence-electron chi connectivity index (χ0n) is 11.9. The van der Waals surface area contributed by atoms with Crippen molar-refractivity contribution in [3.05, 3.63) is 29.8 Å². The molecule has 0 radical (unpaired) electrons. The lowest BCUT2D eigenvalue weighted by Crippen LogP contribution is -2.38. The lowest BCUT2D eigenvalue weighted by Gasteiger charge is -2.30. The van der Waals surface area contributed by atoms with E-state index < -0.39 is 0 Å². The zero-order chi connectivity index (χ0) is 13.5. The van der Waals surface area contributed by atoms with E-state index in [4.69, 9.17) is 0 Å². The standard InChI is InChI=1S/C16H26N2O/c1-2-10-18(12-14-6-5-9-17-11-14)13-15-7-3-4-8-16(15)19/h3-4,7-8,14,17,19H,2,5-6,9-13H2,1H3. The molecule has 1 heterocycles. The fourth-order valence-corrected chi connectivity index (χ4v) is 2.88. The fraction of sp³-hybridized carbons (Fsp3) is 0.625. The molecule has 1 aliphatic heterocycles. The third kappa shape index (κ3) is 4.51. The molecule has 1 aliphatic rings. The van der Waals surface area contributed by atoms with Crippen molar-refractivity contribution in [2.24, 2.45) is 5.92 Å². The van der Waals surface area contributed by atoms with E-state index in [1.807, 2.05) is 18.2 Å². The van der Waals surface area contributed by atoms with Crippen LogP contribution in [0, 0.1) is 5.92 Å². The van der Waals surface area contributed by atoms with E-state index in [-0.39, 0.29) is 0 Å². The van der Waals surface area contributed by atoms with Crippen molar-refractivity contribution in [1.29, 1.82) is 0 Å². The molecule has 2 N–H and O–H groups in total.